The van der Waals surface area contributed by atoms with Gasteiger partial charge in [0, 0.05) is 5.56 Å². The molecule has 1 aromatic rings. The van der Waals surface area contributed by atoms with Gasteiger partial charge in [0.25, 0.3) is 0 Å². The molecule has 0 aliphatic rings. The molecular formula is C14H19F3N2O. The Morgan fingerprint density at radius 3 is 2.50 bits per heavy atom. The average molecular weight is 288 g/mol. The maximum absolute atomic E-state index is 12.9. The molecule has 0 atom stereocenters. The molecule has 3 nitrogen and oxygen atoms in total. The lowest BCUT2D eigenvalue weighted by Crippen LogP contribution is -2.19. The molecule has 1 rings (SSSR count). The molecule has 0 radical (unpaired) electrons. The smallest absolute Gasteiger partial charge is 0.417 e. The fourth-order valence-corrected chi connectivity index (χ4v) is 1.80. The van der Waals surface area contributed by atoms with E-state index < -0.39 is 17.6 Å². The van der Waals surface area contributed by atoms with E-state index in [0.717, 1.165) is 31.7 Å². The van der Waals surface area contributed by atoms with Crippen molar-refractivity contribution in [3.8, 4) is 5.75 Å². The van der Waals surface area contributed by atoms with Gasteiger partial charge in [0.15, 0.2) is 0 Å². The second kappa shape index (κ2) is 7.17. The molecule has 112 valence electrons. The zero-order chi connectivity index (χ0) is 15.2. The van der Waals surface area contributed by atoms with Crippen LogP contribution in [0.5, 0.6) is 5.75 Å². The first kappa shape index (κ1) is 16.3. The lowest BCUT2D eigenvalue weighted by Gasteiger charge is -2.14. The van der Waals surface area contributed by atoms with Gasteiger partial charge >= 0.3 is 6.18 Å². The molecule has 3 N–H and O–H groups in total. The van der Waals surface area contributed by atoms with Crippen LogP contribution in [-0.4, -0.2) is 12.4 Å². The molecule has 0 saturated heterocycles. The van der Waals surface area contributed by atoms with E-state index >= 15 is 0 Å². The summed E-state index contributed by atoms with van der Waals surface area (Å²) in [6.45, 7) is 2.47. The third-order valence-electron chi connectivity index (χ3n) is 2.85. The van der Waals surface area contributed by atoms with Crippen LogP contribution in [0, 0.1) is 5.41 Å². The molecule has 0 fully saturated rings. The summed E-state index contributed by atoms with van der Waals surface area (Å²) in [6, 6.07) is 3.48. The molecule has 0 spiro atoms. The van der Waals surface area contributed by atoms with E-state index in [1.807, 2.05) is 0 Å². The number of hydrogen-bond acceptors (Lipinski definition) is 2. The second-order valence-corrected chi connectivity index (χ2v) is 4.53. The highest BCUT2D eigenvalue weighted by atomic mass is 19.4. The van der Waals surface area contributed by atoms with E-state index in [-0.39, 0.29) is 11.3 Å². The third kappa shape index (κ3) is 4.75. The Morgan fingerprint density at radius 1 is 1.25 bits per heavy atom. The Labute approximate surface area is 116 Å². The predicted molar refractivity (Wildman–Crippen MR) is 72.1 cm³/mol. The fraction of sp³-hybridized carbons (Fsp3) is 0.500. The predicted octanol–water partition coefficient (Wildman–Crippen LogP) is 3.95. The highest BCUT2D eigenvalue weighted by Gasteiger charge is 2.34. The van der Waals surface area contributed by atoms with E-state index in [1.54, 1.807) is 0 Å². The Kier molecular flexibility index (Phi) is 5.85. The summed E-state index contributed by atoms with van der Waals surface area (Å²) < 4.78 is 43.9. The van der Waals surface area contributed by atoms with Crippen molar-refractivity contribution in [1.29, 1.82) is 5.41 Å². The topological polar surface area (TPSA) is 59.1 Å². The monoisotopic (exact) mass is 288 g/mol. The normalized spacial score (nSPS) is 11.4. The molecule has 0 bridgehead atoms. The average Bonchev–Trinajstić information content (AvgIpc) is 2.37. The maximum atomic E-state index is 12.9. The van der Waals surface area contributed by atoms with Gasteiger partial charge in [-0.2, -0.15) is 13.2 Å². The number of nitrogens with two attached hydrogens (primary N) is 1. The van der Waals surface area contributed by atoms with E-state index in [0.29, 0.717) is 6.61 Å². The highest BCUT2D eigenvalue weighted by Crippen LogP contribution is 2.34. The molecule has 0 aliphatic heterocycles. The van der Waals surface area contributed by atoms with Crippen LogP contribution in [0.1, 0.15) is 43.7 Å². The highest BCUT2D eigenvalue weighted by molar-refractivity contribution is 5.96. The van der Waals surface area contributed by atoms with Crippen LogP contribution in [0.2, 0.25) is 0 Å². The minimum Gasteiger partial charge on any atom is -0.494 e. The van der Waals surface area contributed by atoms with E-state index in [9.17, 15) is 13.2 Å². The largest absolute Gasteiger partial charge is 0.494 e. The van der Waals surface area contributed by atoms with Gasteiger partial charge < -0.3 is 10.5 Å². The minimum absolute atomic E-state index is 0.152. The number of benzene rings is 1. The number of alkyl halides is 3. The zero-order valence-electron chi connectivity index (χ0n) is 11.4. The summed E-state index contributed by atoms with van der Waals surface area (Å²) in [5.74, 6) is -0.453. The van der Waals surface area contributed by atoms with Crippen LogP contribution in [-0.2, 0) is 6.18 Å². The van der Waals surface area contributed by atoms with Gasteiger partial charge in [0.1, 0.15) is 11.6 Å². The van der Waals surface area contributed by atoms with Crippen molar-refractivity contribution >= 4 is 5.84 Å². The molecular weight excluding hydrogens is 269 g/mol. The van der Waals surface area contributed by atoms with Gasteiger partial charge in [-0.1, -0.05) is 26.2 Å². The Morgan fingerprint density at radius 2 is 1.95 bits per heavy atom. The number of hydrogen-bond donors (Lipinski definition) is 2. The van der Waals surface area contributed by atoms with Gasteiger partial charge in [-0.25, -0.2) is 0 Å². The molecule has 0 saturated carbocycles. The van der Waals surface area contributed by atoms with Crippen molar-refractivity contribution < 1.29 is 17.9 Å². The number of ether oxygens (including phenoxy) is 1. The number of nitrogens with one attached hydrogen (secondary N) is 1. The van der Waals surface area contributed by atoms with E-state index in [4.69, 9.17) is 15.9 Å². The van der Waals surface area contributed by atoms with Crippen molar-refractivity contribution in [3.05, 3.63) is 29.3 Å². The summed E-state index contributed by atoms with van der Waals surface area (Å²) in [6.07, 6.45) is -0.577. The minimum atomic E-state index is -4.55. The molecule has 0 aliphatic carbocycles. The zero-order valence-corrected chi connectivity index (χ0v) is 11.4. The van der Waals surface area contributed by atoms with Gasteiger partial charge in [-0.15, -0.1) is 0 Å². The summed E-state index contributed by atoms with van der Waals surface area (Å²) in [4.78, 5) is 0. The molecule has 1 aromatic carbocycles. The lowest BCUT2D eigenvalue weighted by molar-refractivity contribution is -0.137. The third-order valence-corrected chi connectivity index (χ3v) is 2.85. The molecule has 20 heavy (non-hydrogen) atoms. The first-order valence-electron chi connectivity index (χ1n) is 6.54. The summed E-state index contributed by atoms with van der Waals surface area (Å²) in [7, 11) is 0. The summed E-state index contributed by atoms with van der Waals surface area (Å²) in [5.41, 5.74) is 3.90. The SMILES string of the molecule is CCCCCCOc1ccc(C(=N)N)c(C(F)(F)F)c1. The number of unbranched alkanes of at least 4 members (excludes halogenated alkanes) is 3. The molecule has 6 heteroatoms. The Hall–Kier alpha value is -1.72. The van der Waals surface area contributed by atoms with Gasteiger partial charge in [-0.05, 0) is 24.6 Å². The van der Waals surface area contributed by atoms with Crippen LogP contribution in [0.3, 0.4) is 0 Å². The first-order chi connectivity index (χ1) is 9.36. The van der Waals surface area contributed by atoms with Crippen LogP contribution < -0.4 is 10.5 Å². The van der Waals surface area contributed by atoms with Crippen molar-refractivity contribution in [3.63, 3.8) is 0 Å². The second-order valence-electron chi connectivity index (χ2n) is 4.53. The number of amidine groups is 1. The molecule has 0 amide bonds. The quantitative estimate of drug-likeness (QED) is 0.453. The molecule has 0 unspecified atom stereocenters. The summed E-state index contributed by atoms with van der Waals surface area (Å²) >= 11 is 0. The van der Waals surface area contributed by atoms with Crippen LogP contribution in [0.15, 0.2) is 18.2 Å². The number of rotatable bonds is 7. The lowest BCUT2D eigenvalue weighted by atomic mass is 10.1. The number of nitrogen functional groups attached to an aromatic ring is 1. The Bertz CT molecular complexity index is 458. The van der Waals surface area contributed by atoms with E-state index in [1.165, 1.54) is 12.1 Å². The van der Waals surface area contributed by atoms with Crippen molar-refractivity contribution in [2.45, 2.75) is 38.8 Å². The maximum Gasteiger partial charge on any atom is 0.417 e. The summed E-state index contributed by atoms with van der Waals surface area (Å²) in [5, 5.41) is 7.18. The van der Waals surface area contributed by atoms with Crippen LogP contribution in [0.4, 0.5) is 13.2 Å². The molecule has 0 heterocycles. The number of halogens is 3. The van der Waals surface area contributed by atoms with Crippen molar-refractivity contribution in [2.24, 2.45) is 5.73 Å². The fourth-order valence-electron chi connectivity index (χ4n) is 1.80. The van der Waals surface area contributed by atoms with Crippen LogP contribution in [0.25, 0.3) is 0 Å². The van der Waals surface area contributed by atoms with Gasteiger partial charge in [0.05, 0.1) is 12.2 Å². The van der Waals surface area contributed by atoms with E-state index in [2.05, 4.69) is 6.92 Å². The molecule has 0 aromatic heterocycles. The first-order valence-corrected chi connectivity index (χ1v) is 6.54. The Balaban J connectivity index is 2.77. The van der Waals surface area contributed by atoms with Gasteiger partial charge in [-0.3, -0.25) is 5.41 Å². The van der Waals surface area contributed by atoms with Gasteiger partial charge in [0.2, 0.25) is 0 Å². The van der Waals surface area contributed by atoms with Crippen molar-refractivity contribution in [1.82, 2.24) is 0 Å². The van der Waals surface area contributed by atoms with Crippen LogP contribution >= 0.6 is 0 Å². The standard InChI is InChI=1S/C14H19F3N2O/c1-2-3-4-5-8-20-10-6-7-11(13(18)19)12(9-10)14(15,16)17/h6-7,9H,2-5,8H2,1H3,(H3,18,19). The van der Waals surface area contributed by atoms with Crippen molar-refractivity contribution in [2.75, 3.05) is 6.61 Å².